The number of halogens is 1. The number of hydrogen-bond acceptors (Lipinski definition) is 4. The molecular weight excluding hydrogens is 298 g/mol. The van der Waals surface area contributed by atoms with Gasteiger partial charge in [-0.25, -0.2) is 0 Å². The van der Waals surface area contributed by atoms with E-state index in [0.29, 0.717) is 13.2 Å². The fraction of sp³-hybridized carbons (Fsp3) is 0.538. The molecule has 0 spiro atoms. The van der Waals surface area contributed by atoms with Crippen LogP contribution in [0.15, 0.2) is 22.7 Å². The molecule has 18 heavy (non-hydrogen) atoms. The van der Waals surface area contributed by atoms with Gasteiger partial charge in [-0.05, 0) is 32.0 Å². The molecule has 3 N–H and O–H groups in total. The first-order valence-corrected chi connectivity index (χ1v) is 6.82. The fourth-order valence-corrected chi connectivity index (χ4v) is 1.80. The molecule has 4 nitrogen and oxygen atoms in total. The van der Waals surface area contributed by atoms with Crippen LogP contribution in [0.3, 0.4) is 0 Å². The Bertz CT molecular complexity index is 360. The fourth-order valence-electron chi connectivity index (χ4n) is 1.46. The van der Waals surface area contributed by atoms with Gasteiger partial charge in [0.2, 0.25) is 0 Å². The van der Waals surface area contributed by atoms with Crippen molar-refractivity contribution >= 4 is 15.9 Å². The molecule has 5 heteroatoms. The second kappa shape index (κ2) is 8.48. The van der Waals surface area contributed by atoms with Gasteiger partial charge in [0.1, 0.15) is 5.75 Å². The van der Waals surface area contributed by atoms with Crippen molar-refractivity contribution < 1.29 is 14.9 Å². The van der Waals surface area contributed by atoms with E-state index in [9.17, 15) is 0 Å². The van der Waals surface area contributed by atoms with Gasteiger partial charge in [0, 0.05) is 16.6 Å². The molecule has 1 unspecified atom stereocenters. The first kappa shape index (κ1) is 15.4. The van der Waals surface area contributed by atoms with E-state index >= 15 is 0 Å². The van der Waals surface area contributed by atoms with Crippen LogP contribution >= 0.6 is 15.9 Å². The molecule has 1 aromatic rings. The minimum absolute atomic E-state index is 0.208. The molecule has 0 bridgehead atoms. The lowest BCUT2D eigenvalue weighted by Gasteiger charge is -2.11. The maximum atomic E-state index is 9.11. The third-order valence-corrected chi connectivity index (χ3v) is 3.42. The number of aliphatic hydroxyl groups is 2. The van der Waals surface area contributed by atoms with E-state index in [-0.39, 0.29) is 6.61 Å². The zero-order valence-electron chi connectivity index (χ0n) is 10.5. The van der Waals surface area contributed by atoms with Crippen LogP contribution in [0.2, 0.25) is 0 Å². The Balaban J connectivity index is 2.16. The van der Waals surface area contributed by atoms with Gasteiger partial charge in [0.15, 0.2) is 0 Å². The first-order valence-electron chi connectivity index (χ1n) is 6.02. The van der Waals surface area contributed by atoms with Gasteiger partial charge in [0.05, 0.1) is 19.3 Å². The Morgan fingerprint density at radius 1 is 1.44 bits per heavy atom. The molecule has 0 saturated heterocycles. The van der Waals surface area contributed by atoms with Gasteiger partial charge in [-0.2, -0.15) is 0 Å². The monoisotopic (exact) mass is 317 g/mol. The maximum Gasteiger partial charge on any atom is 0.123 e. The maximum absolute atomic E-state index is 9.11. The van der Waals surface area contributed by atoms with E-state index in [0.717, 1.165) is 28.8 Å². The zero-order chi connectivity index (χ0) is 13.4. The Kier molecular flexibility index (Phi) is 7.27. The molecule has 0 aliphatic carbocycles. The predicted octanol–water partition coefficient (Wildman–Crippen LogP) is 1.47. The second-order valence-corrected chi connectivity index (χ2v) is 4.96. The van der Waals surface area contributed by atoms with E-state index in [2.05, 4.69) is 21.2 Å². The number of ether oxygens (including phenoxy) is 1. The highest BCUT2D eigenvalue weighted by Gasteiger charge is 2.03. The predicted molar refractivity (Wildman–Crippen MR) is 75.0 cm³/mol. The first-order chi connectivity index (χ1) is 8.65. The molecule has 0 heterocycles. The number of aliphatic hydroxyl groups excluding tert-OH is 2. The Hall–Kier alpha value is -0.620. The average Bonchev–Trinajstić information content (AvgIpc) is 2.38. The standard InChI is InChI=1S/C13H20BrNO3/c1-10-12(14)4-2-5-13(10)18-7-3-6-15-8-11(17)9-16/h2,4-5,11,15-17H,3,6-9H2,1H3. The second-order valence-electron chi connectivity index (χ2n) is 4.11. The molecule has 102 valence electrons. The van der Waals surface area contributed by atoms with Gasteiger partial charge in [0.25, 0.3) is 0 Å². The zero-order valence-corrected chi connectivity index (χ0v) is 12.1. The van der Waals surface area contributed by atoms with Gasteiger partial charge in [-0.1, -0.05) is 22.0 Å². The van der Waals surface area contributed by atoms with Crippen LogP contribution in [0.4, 0.5) is 0 Å². The Morgan fingerprint density at radius 2 is 2.22 bits per heavy atom. The lowest BCUT2D eigenvalue weighted by Crippen LogP contribution is -2.30. The van der Waals surface area contributed by atoms with Crippen LogP contribution in [0, 0.1) is 6.92 Å². The lowest BCUT2D eigenvalue weighted by atomic mass is 10.2. The summed E-state index contributed by atoms with van der Waals surface area (Å²) < 4.78 is 6.71. The third-order valence-electron chi connectivity index (χ3n) is 2.56. The number of hydrogen-bond donors (Lipinski definition) is 3. The van der Waals surface area contributed by atoms with Crippen molar-refractivity contribution in [2.45, 2.75) is 19.4 Å². The summed E-state index contributed by atoms with van der Waals surface area (Å²) in [5, 5.41) is 20.8. The van der Waals surface area contributed by atoms with Gasteiger partial charge < -0.3 is 20.3 Å². The van der Waals surface area contributed by atoms with E-state index in [1.165, 1.54) is 0 Å². The number of rotatable bonds is 8. The van der Waals surface area contributed by atoms with Crippen molar-refractivity contribution in [3.05, 3.63) is 28.2 Å². The summed E-state index contributed by atoms with van der Waals surface area (Å²) in [5.41, 5.74) is 1.10. The quantitative estimate of drug-likeness (QED) is 0.635. The van der Waals surface area contributed by atoms with E-state index < -0.39 is 6.10 Å². The molecule has 1 rings (SSSR count). The summed E-state index contributed by atoms with van der Waals surface area (Å²) in [6, 6.07) is 5.88. The van der Waals surface area contributed by atoms with E-state index in [1.54, 1.807) is 0 Å². The average molecular weight is 318 g/mol. The van der Waals surface area contributed by atoms with Crippen molar-refractivity contribution in [2.24, 2.45) is 0 Å². The minimum atomic E-state index is -0.682. The SMILES string of the molecule is Cc1c(Br)cccc1OCCCNCC(O)CO. The van der Waals surface area contributed by atoms with Crippen LogP contribution < -0.4 is 10.1 Å². The highest BCUT2D eigenvalue weighted by Crippen LogP contribution is 2.25. The van der Waals surface area contributed by atoms with E-state index in [1.807, 2.05) is 25.1 Å². The third kappa shape index (κ3) is 5.35. The molecule has 1 aromatic carbocycles. The van der Waals surface area contributed by atoms with Crippen LogP contribution in [0.1, 0.15) is 12.0 Å². The van der Waals surface area contributed by atoms with Crippen LogP contribution in [-0.2, 0) is 0 Å². The summed E-state index contributed by atoms with van der Waals surface area (Å²) in [7, 11) is 0. The Morgan fingerprint density at radius 3 is 2.94 bits per heavy atom. The minimum Gasteiger partial charge on any atom is -0.493 e. The Labute approximate surface area is 116 Å². The molecule has 0 aliphatic heterocycles. The van der Waals surface area contributed by atoms with Crippen LogP contribution in [-0.4, -0.2) is 42.6 Å². The summed E-state index contributed by atoms with van der Waals surface area (Å²) in [6.07, 6.45) is 0.169. The van der Waals surface area contributed by atoms with Crippen molar-refractivity contribution in [1.29, 1.82) is 0 Å². The molecule has 0 aliphatic rings. The topological polar surface area (TPSA) is 61.7 Å². The molecule has 0 amide bonds. The summed E-state index contributed by atoms with van der Waals surface area (Å²) in [5.74, 6) is 0.889. The largest absolute Gasteiger partial charge is 0.493 e. The summed E-state index contributed by atoms with van der Waals surface area (Å²) in [4.78, 5) is 0. The normalized spacial score (nSPS) is 12.4. The van der Waals surface area contributed by atoms with Gasteiger partial charge >= 0.3 is 0 Å². The lowest BCUT2D eigenvalue weighted by molar-refractivity contribution is 0.0942. The van der Waals surface area contributed by atoms with Crippen LogP contribution in [0.25, 0.3) is 0 Å². The van der Waals surface area contributed by atoms with Crippen molar-refractivity contribution in [2.75, 3.05) is 26.3 Å². The molecule has 0 fully saturated rings. The molecule has 0 saturated carbocycles. The summed E-state index contributed by atoms with van der Waals surface area (Å²) >= 11 is 3.46. The molecule has 1 atom stereocenters. The highest BCUT2D eigenvalue weighted by molar-refractivity contribution is 9.10. The molecular formula is C13H20BrNO3. The number of benzene rings is 1. The van der Waals surface area contributed by atoms with E-state index in [4.69, 9.17) is 14.9 Å². The van der Waals surface area contributed by atoms with Gasteiger partial charge in [-0.15, -0.1) is 0 Å². The van der Waals surface area contributed by atoms with Crippen molar-refractivity contribution in [1.82, 2.24) is 5.32 Å². The highest BCUT2D eigenvalue weighted by atomic mass is 79.9. The van der Waals surface area contributed by atoms with Crippen molar-refractivity contribution in [3.8, 4) is 5.75 Å². The van der Waals surface area contributed by atoms with Gasteiger partial charge in [-0.3, -0.25) is 0 Å². The van der Waals surface area contributed by atoms with Crippen molar-refractivity contribution in [3.63, 3.8) is 0 Å². The smallest absolute Gasteiger partial charge is 0.123 e. The number of nitrogens with one attached hydrogen (secondary N) is 1. The molecule has 0 radical (unpaired) electrons. The molecule has 0 aromatic heterocycles. The van der Waals surface area contributed by atoms with Crippen LogP contribution in [0.5, 0.6) is 5.75 Å². The summed E-state index contributed by atoms with van der Waals surface area (Å²) in [6.45, 7) is 3.59.